The molecule has 4 aromatic rings. The van der Waals surface area contributed by atoms with Gasteiger partial charge in [0.15, 0.2) is 11.4 Å². The smallest absolute Gasteiger partial charge is 0.347 e. The highest BCUT2D eigenvalue weighted by molar-refractivity contribution is 6.33. The molecule has 13 heteroatoms. The summed E-state index contributed by atoms with van der Waals surface area (Å²) < 4.78 is 16.3. The van der Waals surface area contributed by atoms with Gasteiger partial charge in [0, 0.05) is 19.2 Å². The lowest BCUT2D eigenvalue weighted by Gasteiger charge is -2.26. The van der Waals surface area contributed by atoms with Crippen LogP contribution in [-0.2, 0) is 24.4 Å². The Balaban J connectivity index is 1.90. The van der Waals surface area contributed by atoms with Crippen LogP contribution in [-0.4, -0.2) is 46.9 Å². The third-order valence-corrected chi connectivity index (χ3v) is 6.72. The molecule has 0 aliphatic carbocycles. The Morgan fingerprint density at radius 1 is 0.976 bits per heavy atom. The predicted octanol–water partition coefficient (Wildman–Crippen LogP) is 4.30. The highest BCUT2D eigenvalue weighted by Gasteiger charge is 2.29. The number of hydrogen-bond donors (Lipinski definition) is 1. The monoisotopic (exact) mass is 594 g/mol. The lowest BCUT2D eigenvalue weighted by molar-refractivity contribution is -0.384. The first-order valence-corrected chi connectivity index (χ1v) is 12.9. The van der Waals surface area contributed by atoms with Gasteiger partial charge in [-0.15, -0.1) is 0 Å². The van der Waals surface area contributed by atoms with Crippen molar-refractivity contribution in [1.29, 1.82) is 0 Å². The molecule has 0 aliphatic heterocycles. The van der Waals surface area contributed by atoms with Crippen LogP contribution in [0.1, 0.15) is 27.0 Å². The van der Waals surface area contributed by atoms with Crippen LogP contribution in [0.15, 0.2) is 71.8 Å². The van der Waals surface area contributed by atoms with Crippen molar-refractivity contribution < 1.29 is 29.0 Å². The first-order chi connectivity index (χ1) is 20.2. The number of rotatable bonds is 11. The molecule has 12 nitrogen and oxygen atoms in total. The van der Waals surface area contributed by atoms with Crippen molar-refractivity contribution in [3.8, 4) is 17.2 Å². The van der Waals surface area contributed by atoms with Gasteiger partial charge in [0.25, 0.3) is 11.2 Å². The average Bonchev–Trinajstić information content (AvgIpc) is 3.00. The number of ether oxygens (including phenoxy) is 3. The maximum Gasteiger partial charge on any atom is 0.347 e. The van der Waals surface area contributed by atoms with Crippen molar-refractivity contribution in [2.75, 3.05) is 26.2 Å². The molecule has 218 valence electrons. The summed E-state index contributed by atoms with van der Waals surface area (Å²) in [6.07, 6.45) is 1.08. The number of nitro groups is 1. The summed E-state index contributed by atoms with van der Waals surface area (Å²) in [5, 5.41) is 21.2. The molecule has 0 bridgehead atoms. The molecule has 0 saturated carbocycles. The van der Waals surface area contributed by atoms with Crippen LogP contribution >= 0.6 is 11.6 Å². The number of carbonyl (C=O) groups excluding carboxylic acids is 1. The van der Waals surface area contributed by atoms with Gasteiger partial charge in [-0.3, -0.25) is 19.5 Å². The van der Waals surface area contributed by atoms with Crippen molar-refractivity contribution in [1.82, 2.24) is 9.55 Å². The second kappa shape index (κ2) is 13.1. The number of benzene rings is 3. The van der Waals surface area contributed by atoms with Crippen LogP contribution < -0.4 is 19.9 Å². The van der Waals surface area contributed by atoms with Crippen LogP contribution in [0.25, 0.3) is 5.69 Å². The fourth-order valence-corrected chi connectivity index (χ4v) is 4.67. The van der Waals surface area contributed by atoms with Crippen molar-refractivity contribution in [3.05, 3.63) is 115 Å². The van der Waals surface area contributed by atoms with Gasteiger partial charge in [-0.2, -0.15) is 0 Å². The number of nitro benzene ring substituents is 1. The van der Waals surface area contributed by atoms with Gasteiger partial charge in [-0.25, -0.2) is 9.78 Å². The van der Waals surface area contributed by atoms with Crippen LogP contribution in [0.3, 0.4) is 0 Å². The first-order valence-electron chi connectivity index (χ1n) is 12.5. The lowest BCUT2D eigenvalue weighted by atomic mass is 10.1. The Hall–Kier alpha value is -4.94. The highest BCUT2D eigenvalue weighted by Crippen LogP contribution is 2.32. The molecule has 1 N–H and O–H groups in total. The quantitative estimate of drug-likeness (QED) is 0.151. The predicted molar refractivity (Wildman–Crippen MR) is 155 cm³/mol. The molecule has 4 rings (SSSR count). The topological polar surface area (TPSA) is 146 Å². The number of methoxy groups -OCH3 is 3. The van der Waals surface area contributed by atoms with E-state index in [9.17, 15) is 24.8 Å². The molecule has 0 saturated heterocycles. The number of nitrogens with zero attached hydrogens (tertiary/aromatic N) is 4. The molecular weight excluding hydrogens is 568 g/mol. The minimum absolute atomic E-state index is 0.000454. The Labute approximate surface area is 245 Å². The van der Waals surface area contributed by atoms with E-state index in [0.717, 1.165) is 35.2 Å². The Bertz CT molecular complexity index is 1610. The molecule has 0 fully saturated rings. The van der Waals surface area contributed by atoms with Crippen LogP contribution in [0, 0.1) is 10.1 Å². The van der Waals surface area contributed by atoms with Crippen molar-refractivity contribution >= 4 is 29.1 Å². The molecule has 0 amide bonds. The summed E-state index contributed by atoms with van der Waals surface area (Å²) >= 11 is 6.35. The van der Waals surface area contributed by atoms with Crippen LogP contribution in [0.5, 0.6) is 11.5 Å². The molecule has 0 atom stereocenters. The normalized spacial score (nSPS) is 10.7. The Morgan fingerprint density at radius 2 is 1.52 bits per heavy atom. The Kier molecular flexibility index (Phi) is 9.40. The second-order valence-corrected chi connectivity index (χ2v) is 9.43. The summed E-state index contributed by atoms with van der Waals surface area (Å²) in [5.41, 5.74) is -0.404. The molecule has 42 heavy (non-hydrogen) atoms. The highest BCUT2D eigenvalue weighted by atomic mass is 35.5. The molecule has 0 spiro atoms. The van der Waals surface area contributed by atoms with E-state index in [0.29, 0.717) is 11.5 Å². The van der Waals surface area contributed by atoms with Crippen molar-refractivity contribution in [3.63, 3.8) is 0 Å². The molecule has 0 unspecified atom stereocenters. The number of aromatic nitrogens is 2. The summed E-state index contributed by atoms with van der Waals surface area (Å²) in [6, 6.07) is 16.9. The summed E-state index contributed by atoms with van der Waals surface area (Å²) in [4.78, 5) is 44.3. The number of esters is 1. The van der Waals surface area contributed by atoms with Gasteiger partial charge >= 0.3 is 5.97 Å². The van der Waals surface area contributed by atoms with E-state index in [2.05, 4.69) is 4.98 Å². The summed E-state index contributed by atoms with van der Waals surface area (Å²) in [7, 11) is 4.23. The van der Waals surface area contributed by atoms with Gasteiger partial charge in [0.05, 0.1) is 37.9 Å². The van der Waals surface area contributed by atoms with E-state index >= 15 is 0 Å². The van der Waals surface area contributed by atoms with E-state index in [4.69, 9.17) is 25.8 Å². The number of anilines is 1. The molecular formula is C29H27ClN4O8. The standard InChI is InChI=1S/C29H27ClN4O8/c1-40-21-8-4-18(5-9-21)14-32(15-19-6-10-22(41-2)11-7-19)27-25(29(37)42-3)28(36)33(17-31-27)26-23(30)12-20(16-35)13-24(26)34(38)39/h4-13,17,35H,14-16H2,1-3H3. The third kappa shape index (κ3) is 6.35. The van der Waals surface area contributed by atoms with Gasteiger partial charge < -0.3 is 24.2 Å². The average molecular weight is 595 g/mol. The van der Waals surface area contributed by atoms with Crippen LogP contribution in [0.2, 0.25) is 5.02 Å². The molecule has 0 aliphatic rings. The van der Waals surface area contributed by atoms with Crippen molar-refractivity contribution in [2.45, 2.75) is 19.7 Å². The minimum Gasteiger partial charge on any atom is -0.497 e. The largest absolute Gasteiger partial charge is 0.497 e. The lowest BCUT2D eigenvalue weighted by Crippen LogP contribution is -2.33. The maximum absolute atomic E-state index is 13.9. The van der Waals surface area contributed by atoms with Gasteiger partial charge in [0.2, 0.25) is 0 Å². The summed E-state index contributed by atoms with van der Waals surface area (Å²) in [5.74, 6) is 0.321. The maximum atomic E-state index is 13.9. The number of aliphatic hydroxyl groups is 1. The number of aliphatic hydroxyl groups excluding tert-OH is 1. The zero-order valence-corrected chi connectivity index (χ0v) is 23.7. The van der Waals surface area contributed by atoms with Crippen molar-refractivity contribution in [2.24, 2.45) is 0 Å². The van der Waals surface area contributed by atoms with Gasteiger partial charge in [0.1, 0.15) is 23.5 Å². The molecule has 0 radical (unpaired) electrons. The van der Waals surface area contributed by atoms with Gasteiger partial charge in [-0.05, 0) is 47.0 Å². The number of carbonyl (C=O) groups is 1. The van der Waals surface area contributed by atoms with Gasteiger partial charge in [-0.1, -0.05) is 35.9 Å². The van der Waals surface area contributed by atoms with E-state index < -0.39 is 34.3 Å². The molecule has 1 heterocycles. The van der Waals surface area contributed by atoms with E-state index in [1.54, 1.807) is 43.4 Å². The van der Waals surface area contributed by atoms with Crippen LogP contribution in [0.4, 0.5) is 11.5 Å². The third-order valence-electron chi connectivity index (χ3n) is 6.43. The first kappa shape index (κ1) is 30.0. The zero-order chi connectivity index (χ0) is 30.4. The Morgan fingerprint density at radius 3 is 1.98 bits per heavy atom. The van der Waals surface area contributed by atoms with E-state index in [1.807, 2.05) is 24.3 Å². The fourth-order valence-electron chi connectivity index (χ4n) is 4.34. The SMILES string of the molecule is COC(=O)c1c(N(Cc2ccc(OC)cc2)Cc2ccc(OC)cc2)ncn(-c2c(Cl)cc(CO)cc2[N+](=O)[O-])c1=O. The molecule has 1 aromatic heterocycles. The molecule has 3 aromatic carbocycles. The second-order valence-electron chi connectivity index (χ2n) is 9.02. The van der Waals surface area contributed by atoms with E-state index in [1.165, 1.54) is 6.07 Å². The van der Waals surface area contributed by atoms with E-state index in [-0.39, 0.29) is 35.2 Å². The number of hydrogen-bond acceptors (Lipinski definition) is 10. The minimum atomic E-state index is -0.989. The fraction of sp³-hybridized carbons (Fsp3) is 0.207. The summed E-state index contributed by atoms with van der Waals surface area (Å²) in [6.45, 7) is -0.0584. The zero-order valence-electron chi connectivity index (χ0n) is 22.9. The number of halogens is 1.